The Labute approximate surface area is 129 Å². The van der Waals surface area contributed by atoms with E-state index in [0.29, 0.717) is 0 Å². The van der Waals surface area contributed by atoms with E-state index in [2.05, 4.69) is 24.3 Å². The smallest absolute Gasteiger partial charge is 0.321 e. The van der Waals surface area contributed by atoms with Crippen molar-refractivity contribution in [3.05, 3.63) is 71.3 Å². The molecular formula is C17H19NO2S. The summed E-state index contributed by atoms with van der Waals surface area (Å²) in [5.74, 6) is -0.235. The number of nitrogens with two attached hydrogens (primary N) is 1. The zero-order chi connectivity index (χ0) is 15.2. The molecule has 0 aromatic heterocycles. The van der Waals surface area contributed by atoms with Crippen molar-refractivity contribution in [3.63, 3.8) is 0 Å². The maximum absolute atomic E-state index is 11.2. The summed E-state index contributed by atoms with van der Waals surface area (Å²) in [6, 6.07) is 16.9. The summed E-state index contributed by atoms with van der Waals surface area (Å²) in [5.41, 5.74) is 9.19. The van der Waals surface area contributed by atoms with Gasteiger partial charge in [0.1, 0.15) is 6.04 Å². The molecule has 0 saturated carbocycles. The molecule has 3 nitrogen and oxygen atoms in total. The average Bonchev–Trinajstić information content (AvgIpc) is 2.50. The molecule has 0 aliphatic carbocycles. The number of hydrogen-bond acceptors (Lipinski definition) is 3. The van der Waals surface area contributed by atoms with Crippen LogP contribution < -0.4 is 5.73 Å². The van der Waals surface area contributed by atoms with Gasteiger partial charge in [-0.2, -0.15) is 0 Å². The van der Waals surface area contributed by atoms with Crippen LogP contribution in [0.5, 0.6) is 0 Å². The summed E-state index contributed by atoms with van der Waals surface area (Å²) < 4.78 is 0. The highest BCUT2D eigenvalue weighted by Gasteiger charge is 2.26. The highest BCUT2D eigenvalue weighted by atomic mass is 32.2. The molecule has 2 aromatic rings. The number of hydrogen-bond donors (Lipinski definition) is 2. The predicted octanol–water partition coefficient (Wildman–Crippen LogP) is 3.38. The molecule has 21 heavy (non-hydrogen) atoms. The van der Waals surface area contributed by atoms with Gasteiger partial charge in [-0.3, -0.25) is 4.79 Å². The Kier molecular flexibility index (Phi) is 5.42. The van der Waals surface area contributed by atoms with Gasteiger partial charge in [0.05, 0.1) is 5.25 Å². The van der Waals surface area contributed by atoms with Crippen molar-refractivity contribution < 1.29 is 9.90 Å². The van der Waals surface area contributed by atoms with Crippen LogP contribution in [0.25, 0.3) is 0 Å². The molecule has 0 aliphatic heterocycles. The van der Waals surface area contributed by atoms with Crippen molar-refractivity contribution in [3.8, 4) is 0 Å². The van der Waals surface area contributed by atoms with Crippen LogP contribution in [-0.4, -0.2) is 17.1 Å². The Hall–Kier alpha value is -1.78. The van der Waals surface area contributed by atoms with Crippen molar-refractivity contribution in [2.75, 3.05) is 0 Å². The van der Waals surface area contributed by atoms with Crippen LogP contribution in [-0.2, 0) is 10.5 Å². The van der Waals surface area contributed by atoms with Gasteiger partial charge in [-0.25, -0.2) is 0 Å². The van der Waals surface area contributed by atoms with Gasteiger partial charge in [-0.1, -0.05) is 60.2 Å². The summed E-state index contributed by atoms with van der Waals surface area (Å²) in [5, 5.41) is 8.95. The molecule has 4 heteroatoms. The number of carbonyl (C=O) groups is 1. The number of rotatable bonds is 6. The Bertz CT molecular complexity index is 583. The minimum atomic E-state index is -0.972. The van der Waals surface area contributed by atoms with Gasteiger partial charge < -0.3 is 10.8 Å². The van der Waals surface area contributed by atoms with Gasteiger partial charge in [0.15, 0.2) is 0 Å². The first-order valence-electron chi connectivity index (χ1n) is 6.78. The monoisotopic (exact) mass is 301 g/mol. The lowest BCUT2D eigenvalue weighted by atomic mass is 10.1. The highest BCUT2D eigenvalue weighted by molar-refractivity contribution is 7.98. The Balaban J connectivity index is 2.13. The van der Waals surface area contributed by atoms with Crippen LogP contribution in [0.1, 0.15) is 21.9 Å². The van der Waals surface area contributed by atoms with Gasteiger partial charge in [-0.15, -0.1) is 11.8 Å². The lowest BCUT2D eigenvalue weighted by molar-refractivity contribution is -0.138. The van der Waals surface area contributed by atoms with E-state index >= 15 is 0 Å². The normalized spacial score (nSPS) is 13.6. The fraction of sp³-hybridized carbons (Fsp3) is 0.235. The Morgan fingerprint density at radius 3 is 2.33 bits per heavy atom. The molecule has 110 valence electrons. The fourth-order valence-electron chi connectivity index (χ4n) is 2.05. The molecule has 2 rings (SSSR count). The molecular weight excluding hydrogens is 282 g/mol. The van der Waals surface area contributed by atoms with E-state index in [-0.39, 0.29) is 5.25 Å². The van der Waals surface area contributed by atoms with Crippen molar-refractivity contribution in [1.82, 2.24) is 0 Å². The van der Waals surface area contributed by atoms with Gasteiger partial charge in [0.2, 0.25) is 0 Å². The van der Waals surface area contributed by atoms with Crippen LogP contribution in [0.4, 0.5) is 0 Å². The van der Waals surface area contributed by atoms with Gasteiger partial charge >= 0.3 is 5.97 Å². The zero-order valence-corrected chi connectivity index (χ0v) is 12.7. The third-order valence-corrected chi connectivity index (χ3v) is 4.71. The van der Waals surface area contributed by atoms with E-state index in [1.165, 1.54) is 11.1 Å². The fourth-order valence-corrected chi connectivity index (χ4v) is 3.29. The van der Waals surface area contributed by atoms with Crippen molar-refractivity contribution in [2.24, 2.45) is 5.73 Å². The van der Waals surface area contributed by atoms with Crippen molar-refractivity contribution in [1.29, 1.82) is 0 Å². The summed E-state index contributed by atoms with van der Waals surface area (Å²) >= 11 is 1.56. The third-order valence-electron chi connectivity index (χ3n) is 3.29. The molecule has 0 spiro atoms. The number of carboxylic acid groups (broad SMARTS) is 1. The molecule has 0 amide bonds. The van der Waals surface area contributed by atoms with Crippen LogP contribution in [0.3, 0.4) is 0 Å². The standard InChI is InChI=1S/C17H19NO2S/c1-12-7-9-13(10-8-12)11-21-16(15(18)17(19)20)14-5-3-2-4-6-14/h2-10,15-16H,11,18H2,1H3,(H,19,20)/t15-,16+/m0/s1. The second-order valence-corrected chi connectivity index (χ2v) is 6.12. The summed E-state index contributed by atoms with van der Waals surface area (Å²) in [4.78, 5) is 11.2. The predicted molar refractivity (Wildman–Crippen MR) is 87.3 cm³/mol. The molecule has 2 atom stereocenters. The Morgan fingerprint density at radius 2 is 1.76 bits per heavy atom. The van der Waals surface area contributed by atoms with Crippen LogP contribution >= 0.6 is 11.8 Å². The summed E-state index contributed by atoms with van der Waals surface area (Å²) in [6.45, 7) is 2.05. The van der Waals surface area contributed by atoms with Gasteiger partial charge in [-0.05, 0) is 18.1 Å². The first-order chi connectivity index (χ1) is 10.1. The molecule has 0 fully saturated rings. The van der Waals surface area contributed by atoms with Crippen LogP contribution in [0.15, 0.2) is 54.6 Å². The quantitative estimate of drug-likeness (QED) is 0.858. The third kappa shape index (κ3) is 4.34. The van der Waals surface area contributed by atoms with Crippen molar-refractivity contribution in [2.45, 2.75) is 24.0 Å². The molecule has 0 radical (unpaired) electrons. The molecule has 0 saturated heterocycles. The second kappa shape index (κ2) is 7.29. The summed E-state index contributed by atoms with van der Waals surface area (Å²) in [7, 11) is 0. The lowest BCUT2D eigenvalue weighted by Crippen LogP contribution is -2.35. The number of thioether (sulfide) groups is 1. The average molecular weight is 301 g/mol. The number of benzene rings is 2. The molecule has 0 aliphatic rings. The van der Waals surface area contributed by atoms with E-state index < -0.39 is 12.0 Å². The molecule has 0 heterocycles. The molecule has 2 aromatic carbocycles. The van der Waals surface area contributed by atoms with Crippen LogP contribution in [0, 0.1) is 6.92 Å². The minimum Gasteiger partial charge on any atom is -0.480 e. The minimum absolute atomic E-state index is 0.259. The largest absolute Gasteiger partial charge is 0.480 e. The SMILES string of the molecule is Cc1ccc(CS[C@H](c2ccccc2)[C@H](N)C(=O)O)cc1. The summed E-state index contributed by atoms with van der Waals surface area (Å²) in [6.07, 6.45) is 0. The van der Waals surface area contributed by atoms with Crippen LogP contribution in [0.2, 0.25) is 0 Å². The van der Waals surface area contributed by atoms with Gasteiger partial charge in [0, 0.05) is 5.75 Å². The second-order valence-electron chi connectivity index (χ2n) is 4.99. The topological polar surface area (TPSA) is 63.3 Å². The van der Waals surface area contributed by atoms with E-state index in [9.17, 15) is 9.90 Å². The molecule has 3 N–H and O–H groups in total. The maximum atomic E-state index is 11.2. The molecule has 0 bridgehead atoms. The highest BCUT2D eigenvalue weighted by Crippen LogP contribution is 2.34. The van der Waals surface area contributed by atoms with E-state index in [1.54, 1.807) is 11.8 Å². The Morgan fingerprint density at radius 1 is 1.14 bits per heavy atom. The first-order valence-corrected chi connectivity index (χ1v) is 7.83. The van der Waals surface area contributed by atoms with E-state index in [4.69, 9.17) is 5.73 Å². The van der Waals surface area contributed by atoms with E-state index in [1.807, 2.05) is 37.3 Å². The van der Waals surface area contributed by atoms with E-state index in [0.717, 1.165) is 11.3 Å². The maximum Gasteiger partial charge on any atom is 0.321 e. The number of aliphatic carboxylic acids is 1. The zero-order valence-electron chi connectivity index (χ0n) is 11.9. The molecule has 0 unspecified atom stereocenters. The van der Waals surface area contributed by atoms with Gasteiger partial charge in [0.25, 0.3) is 0 Å². The number of aryl methyl sites for hydroxylation is 1. The number of carboxylic acids is 1. The van der Waals surface area contributed by atoms with Crippen molar-refractivity contribution >= 4 is 17.7 Å². The lowest BCUT2D eigenvalue weighted by Gasteiger charge is -2.21. The first kappa shape index (κ1) is 15.6.